The minimum atomic E-state index is -3.78. The molecule has 2 heterocycles. The Morgan fingerprint density at radius 3 is 2.32 bits per heavy atom. The van der Waals surface area contributed by atoms with E-state index in [0.717, 1.165) is 13.1 Å². The van der Waals surface area contributed by atoms with Gasteiger partial charge < -0.3 is 4.90 Å². The van der Waals surface area contributed by atoms with Crippen molar-refractivity contribution in [2.45, 2.75) is 25.7 Å². The molecular formula is C12H16ClNO3S2. The summed E-state index contributed by atoms with van der Waals surface area (Å²) in [6.45, 7) is 7.34. The molecule has 1 aromatic heterocycles. The van der Waals surface area contributed by atoms with Crippen LogP contribution in [0.25, 0.3) is 0 Å². The van der Waals surface area contributed by atoms with E-state index in [1.165, 1.54) is 17.4 Å². The molecule has 0 N–H and O–H groups in total. The van der Waals surface area contributed by atoms with Crippen molar-refractivity contribution in [3.05, 3.63) is 15.8 Å². The maximum atomic E-state index is 12.3. The second kappa shape index (κ2) is 5.07. The molecule has 7 heteroatoms. The maximum Gasteiger partial charge on any atom is 0.263 e. The van der Waals surface area contributed by atoms with Crippen LogP contribution in [0, 0.1) is 18.8 Å². The van der Waals surface area contributed by atoms with Crippen LogP contribution >= 0.6 is 22.0 Å². The number of amides is 1. The monoisotopic (exact) mass is 321 g/mol. The second-order valence-electron chi connectivity index (χ2n) is 5.13. The number of nitrogens with zero attached hydrogens (tertiary/aromatic N) is 1. The van der Waals surface area contributed by atoms with Crippen LogP contribution in [0.2, 0.25) is 0 Å². The van der Waals surface area contributed by atoms with Crippen molar-refractivity contribution in [1.29, 1.82) is 0 Å². The first-order valence-corrected chi connectivity index (χ1v) is 9.17. The first-order valence-electron chi connectivity index (χ1n) is 6.04. The van der Waals surface area contributed by atoms with Crippen LogP contribution in [0.1, 0.15) is 28.4 Å². The Kier molecular flexibility index (Phi) is 3.95. The largest absolute Gasteiger partial charge is 0.337 e. The van der Waals surface area contributed by atoms with Crippen molar-refractivity contribution >= 4 is 37.0 Å². The molecular weight excluding hydrogens is 306 g/mol. The molecule has 106 valence electrons. The lowest BCUT2D eigenvalue weighted by Gasteiger charge is -2.14. The summed E-state index contributed by atoms with van der Waals surface area (Å²) >= 11 is 1.18. The molecule has 19 heavy (non-hydrogen) atoms. The number of likely N-dealkylation sites (tertiary alicyclic amines) is 1. The van der Waals surface area contributed by atoms with Crippen molar-refractivity contribution < 1.29 is 13.2 Å². The van der Waals surface area contributed by atoms with E-state index >= 15 is 0 Å². The number of hydrogen-bond acceptors (Lipinski definition) is 4. The van der Waals surface area contributed by atoms with Crippen LogP contribution in [-0.2, 0) is 9.05 Å². The third-order valence-electron chi connectivity index (χ3n) is 3.62. The van der Waals surface area contributed by atoms with Crippen LogP contribution in [0.15, 0.2) is 11.0 Å². The molecule has 0 aromatic carbocycles. The summed E-state index contributed by atoms with van der Waals surface area (Å²) < 4.78 is 22.7. The van der Waals surface area contributed by atoms with E-state index in [0.29, 0.717) is 21.6 Å². The van der Waals surface area contributed by atoms with Crippen molar-refractivity contribution in [2.75, 3.05) is 13.1 Å². The van der Waals surface area contributed by atoms with E-state index in [1.54, 1.807) is 11.8 Å². The molecule has 2 rings (SSSR count). The highest BCUT2D eigenvalue weighted by atomic mass is 35.7. The highest BCUT2D eigenvalue weighted by molar-refractivity contribution is 8.13. The molecule has 2 unspecified atom stereocenters. The molecule has 0 saturated carbocycles. The lowest BCUT2D eigenvalue weighted by atomic mass is 10.0. The molecule has 1 saturated heterocycles. The van der Waals surface area contributed by atoms with E-state index in [2.05, 4.69) is 13.8 Å². The van der Waals surface area contributed by atoms with Crippen LogP contribution in [0.4, 0.5) is 0 Å². The summed E-state index contributed by atoms with van der Waals surface area (Å²) in [5, 5.41) is 0. The average molecular weight is 322 g/mol. The number of rotatable bonds is 2. The normalized spacial score (nSPS) is 23.9. The van der Waals surface area contributed by atoms with Crippen molar-refractivity contribution in [2.24, 2.45) is 11.8 Å². The van der Waals surface area contributed by atoms with E-state index in [1.807, 2.05) is 0 Å². The third-order valence-corrected chi connectivity index (χ3v) is 6.24. The van der Waals surface area contributed by atoms with Gasteiger partial charge in [-0.1, -0.05) is 13.8 Å². The lowest BCUT2D eigenvalue weighted by molar-refractivity contribution is 0.0789. The van der Waals surface area contributed by atoms with Crippen molar-refractivity contribution in [1.82, 2.24) is 4.90 Å². The van der Waals surface area contributed by atoms with E-state index in [-0.39, 0.29) is 10.8 Å². The SMILES string of the molecule is Cc1sc(C(=O)N2CC(C)C(C)C2)cc1S(=O)(=O)Cl. The first kappa shape index (κ1) is 14.8. The number of thiophene rings is 1. The zero-order chi connectivity index (χ0) is 14.4. The molecule has 1 fully saturated rings. The lowest BCUT2D eigenvalue weighted by Crippen LogP contribution is -2.28. The van der Waals surface area contributed by atoms with Gasteiger partial charge in [0, 0.05) is 28.6 Å². The number of halogens is 1. The minimum absolute atomic E-state index is 0.0443. The van der Waals surface area contributed by atoms with Crippen molar-refractivity contribution in [3.8, 4) is 0 Å². The highest BCUT2D eigenvalue weighted by Crippen LogP contribution is 2.31. The molecule has 0 aliphatic carbocycles. The highest BCUT2D eigenvalue weighted by Gasteiger charge is 2.31. The number of carbonyl (C=O) groups is 1. The van der Waals surface area contributed by atoms with Crippen LogP contribution < -0.4 is 0 Å². The molecule has 0 bridgehead atoms. The Labute approximate surface area is 121 Å². The van der Waals surface area contributed by atoms with Crippen LogP contribution in [0.5, 0.6) is 0 Å². The zero-order valence-electron chi connectivity index (χ0n) is 11.0. The fourth-order valence-electron chi connectivity index (χ4n) is 2.26. The smallest absolute Gasteiger partial charge is 0.263 e. The minimum Gasteiger partial charge on any atom is -0.337 e. The summed E-state index contributed by atoms with van der Waals surface area (Å²) in [6.07, 6.45) is 0. The number of hydrogen-bond donors (Lipinski definition) is 0. The summed E-state index contributed by atoms with van der Waals surface area (Å²) in [5.41, 5.74) is 0. The summed E-state index contributed by atoms with van der Waals surface area (Å²) in [4.78, 5) is 15.2. The molecule has 1 aromatic rings. The predicted molar refractivity (Wildman–Crippen MR) is 76.3 cm³/mol. The quantitative estimate of drug-likeness (QED) is 0.787. The number of carbonyl (C=O) groups excluding carboxylic acids is 1. The topological polar surface area (TPSA) is 54.5 Å². The standard InChI is InChI=1S/C12H16ClNO3S2/c1-7-5-14(6-8(7)2)12(15)10-4-11(9(3)18-10)19(13,16)17/h4,7-8H,5-6H2,1-3H3. The number of aryl methyl sites for hydroxylation is 1. The Morgan fingerprint density at radius 2 is 1.89 bits per heavy atom. The van der Waals surface area contributed by atoms with Gasteiger partial charge in [-0.25, -0.2) is 8.42 Å². The molecule has 0 radical (unpaired) electrons. The van der Waals surface area contributed by atoms with Gasteiger partial charge in [-0.15, -0.1) is 11.3 Å². The average Bonchev–Trinajstić information content (AvgIpc) is 2.82. The molecule has 1 aliphatic rings. The summed E-state index contributed by atoms with van der Waals surface area (Å²) in [7, 11) is 1.56. The third kappa shape index (κ3) is 2.95. The van der Waals surface area contributed by atoms with Gasteiger partial charge >= 0.3 is 0 Å². The van der Waals surface area contributed by atoms with Gasteiger partial charge in [0.15, 0.2) is 0 Å². The van der Waals surface area contributed by atoms with Gasteiger partial charge in [0.1, 0.15) is 0 Å². The van der Waals surface area contributed by atoms with Crippen LogP contribution in [-0.4, -0.2) is 32.3 Å². The molecule has 2 atom stereocenters. The van der Waals surface area contributed by atoms with Gasteiger partial charge in [0.2, 0.25) is 0 Å². The Hall–Kier alpha value is -0.590. The summed E-state index contributed by atoms with van der Waals surface area (Å²) in [5.74, 6) is 0.846. The van der Waals surface area contributed by atoms with E-state index in [4.69, 9.17) is 10.7 Å². The summed E-state index contributed by atoms with van der Waals surface area (Å²) in [6, 6.07) is 1.39. The Bertz CT molecular complexity index is 598. The first-order chi connectivity index (χ1) is 8.70. The zero-order valence-corrected chi connectivity index (χ0v) is 13.4. The Balaban J connectivity index is 2.27. The van der Waals surface area contributed by atoms with Gasteiger partial charge in [0.05, 0.1) is 9.77 Å². The second-order valence-corrected chi connectivity index (χ2v) is 8.92. The van der Waals surface area contributed by atoms with Gasteiger partial charge in [-0.3, -0.25) is 4.79 Å². The van der Waals surface area contributed by atoms with E-state index < -0.39 is 9.05 Å². The van der Waals surface area contributed by atoms with Gasteiger partial charge in [0.25, 0.3) is 15.0 Å². The van der Waals surface area contributed by atoms with Gasteiger partial charge in [-0.2, -0.15) is 0 Å². The fraction of sp³-hybridized carbons (Fsp3) is 0.583. The maximum absolute atomic E-state index is 12.3. The molecule has 0 spiro atoms. The van der Waals surface area contributed by atoms with E-state index in [9.17, 15) is 13.2 Å². The fourth-order valence-corrected chi connectivity index (χ4v) is 4.90. The predicted octanol–water partition coefficient (Wildman–Crippen LogP) is 2.71. The Morgan fingerprint density at radius 1 is 1.37 bits per heavy atom. The van der Waals surface area contributed by atoms with Crippen LogP contribution in [0.3, 0.4) is 0 Å². The van der Waals surface area contributed by atoms with Crippen molar-refractivity contribution in [3.63, 3.8) is 0 Å². The van der Waals surface area contributed by atoms with Gasteiger partial charge in [-0.05, 0) is 24.8 Å². The molecule has 1 aliphatic heterocycles. The molecule has 1 amide bonds. The molecule has 4 nitrogen and oxygen atoms in total.